The number of nitrogens with zero attached hydrogens (tertiary/aromatic N) is 3. The van der Waals surface area contributed by atoms with Gasteiger partial charge in [0.05, 0.1) is 17.2 Å². The molecule has 0 atom stereocenters. The van der Waals surface area contributed by atoms with Gasteiger partial charge in [0.15, 0.2) is 0 Å². The smallest absolute Gasteiger partial charge is 0.255 e. The number of piperazine rings is 1. The first kappa shape index (κ1) is 18.5. The van der Waals surface area contributed by atoms with E-state index in [1.165, 1.54) is 0 Å². The summed E-state index contributed by atoms with van der Waals surface area (Å²) in [7, 11) is 0. The predicted molar refractivity (Wildman–Crippen MR) is 105 cm³/mol. The van der Waals surface area contributed by atoms with Gasteiger partial charge in [-0.25, -0.2) is 0 Å². The highest BCUT2D eigenvalue weighted by Crippen LogP contribution is 2.27. The Balaban J connectivity index is 1.67. The molecule has 0 N–H and O–H groups in total. The summed E-state index contributed by atoms with van der Waals surface area (Å²) in [5.74, 6) is 0.906. The van der Waals surface area contributed by atoms with Crippen LogP contribution >= 0.6 is 11.8 Å². The molecule has 1 aliphatic heterocycles. The number of hydrogen-bond acceptors (Lipinski definition) is 4. The van der Waals surface area contributed by atoms with Gasteiger partial charge >= 0.3 is 0 Å². The van der Waals surface area contributed by atoms with E-state index in [-0.39, 0.29) is 5.91 Å². The van der Waals surface area contributed by atoms with Crippen LogP contribution in [0.5, 0.6) is 0 Å². The highest BCUT2D eigenvalue weighted by atomic mass is 32.2. The van der Waals surface area contributed by atoms with Gasteiger partial charge in [-0.2, -0.15) is 5.26 Å². The van der Waals surface area contributed by atoms with Gasteiger partial charge in [-0.1, -0.05) is 31.2 Å². The fourth-order valence-corrected chi connectivity index (χ4v) is 4.04. The fourth-order valence-electron chi connectivity index (χ4n) is 3.04. The number of hydrogen-bond donors (Lipinski definition) is 0. The third-order valence-electron chi connectivity index (χ3n) is 4.70. The van der Waals surface area contributed by atoms with Crippen molar-refractivity contribution < 1.29 is 4.79 Å². The zero-order valence-electron chi connectivity index (χ0n) is 15.0. The molecule has 4 nitrogen and oxygen atoms in total. The second kappa shape index (κ2) is 8.88. The van der Waals surface area contributed by atoms with E-state index in [2.05, 4.69) is 17.9 Å². The molecule has 1 fully saturated rings. The second-order valence-corrected chi connectivity index (χ2v) is 7.34. The zero-order chi connectivity index (χ0) is 18.4. The summed E-state index contributed by atoms with van der Waals surface area (Å²) in [6, 6.07) is 17.6. The molecule has 2 aromatic rings. The Hall–Kier alpha value is -2.29. The minimum absolute atomic E-state index is 0.128. The molecule has 0 spiro atoms. The van der Waals surface area contributed by atoms with Crippen molar-refractivity contribution >= 4 is 17.7 Å². The van der Waals surface area contributed by atoms with Gasteiger partial charge in [-0.3, -0.25) is 4.79 Å². The largest absolute Gasteiger partial charge is 0.336 e. The van der Waals surface area contributed by atoms with Crippen LogP contribution in [0.15, 0.2) is 53.4 Å². The molecule has 2 aromatic carbocycles. The van der Waals surface area contributed by atoms with Gasteiger partial charge in [0.2, 0.25) is 0 Å². The molecule has 1 saturated heterocycles. The molecule has 134 valence electrons. The normalized spacial score (nSPS) is 14.8. The van der Waals surface area contributed by atoms with Crippen molar-refractivity contribution in [2.75, 3.05) is 32.7 Å². The summed E-state index contributed by atoms with van der Waals surface area (Å²) in [5.41, 5.74) is 2.60. The lowest BCUT2D eigenvalue weighted by molar-refractivity contribution is 0.0640. The van der Waals surface area contributed by atoms with E-state index in [1.807, 2.05) is 53.4 Å². The van der Waals surface area contributed by atoms with Gasteiger partial charge in [0.25, 0.3) is 5.91 Å². The van der Waals surface area contributed by atoms with Crippen molar-refractivity contribution in [2.24, 2.45) is 0 Å². The molecular weight excluding hydrogens is 342 g/mol. The van der Waals surface area contributed by atoms with Crippen LogP contribution in [0.2, 0.25) is 0 Å². The Morgan fingerprint density at radius 3 is 2.42 bits per heavy atom. The van der Waals surface area contributed by atoms with E-state index >= 15 is 0 Å². The molecule has 0 saturated carbocycles. The standard InChI is InChI=1S/C21H23N3OS/c1-2-23-11-13-24(14-12-23)21(25)19-5-3-4-6-20(19)26-16-18-9-7-17(15-22)8-10-18/h3-10H,2,11-14,16H2,1H3. The number of likely N-dealkylation sites (N-methyl/N-ethyl adjacent to an activating group) is 1. The number of amides is 1. The minimum Gasteiger partial charge on any atom is -0.336 e. The third kappa shape index (κ3) is 4.46. The third-order valence-corrected chi connectivity index (χ3v) is 5.85. The Morgan fingerprint density at radius 1 is 1.08 bits per heavy atom. The first-order chi connectivity index (χ1) is 12.7. The lowest BCUT2D eigenvalue weighted by Crippen LogP contribution is -2.48. The Bertz CT molecular complexity index is 790. The van der Waals surface area contributed by atoms with Crippen molar-refractivity contribution in [1.29, 1.82) is 5.26 Å². The molecule has 5 heteroatoms. The zero-order valence-corrected chi connectivity index (χ0v) is 15.8. The van der Waals surface area contributed by atoms with Crippen LogP contribution in [0.25, 0.3) is 0 Å². The average molecular weight is 366 g/mol. The molecule has 0 radical (unpaired) electrons. The van der Waals surface area contributed by atoms with Gasteiger partial charge in [0, 0.05) is 36.8 Å². The Kier molecular flexibility index (Phi) is 6.32. The van der Waals surface area contributed by atoms with Crippen LogP contribution in [-0.4, -0.2) is 48.4 Å². The number of carbonyl (C=O) groups excluding carboxylic acids is 1. The minimum atomic E-state index is 0.128. The summed E-state index contributed by atoms with van der Waals surface area (Å²) >= 11 is 1.67. The summed E-state index contributed by atoms with van der Waals surface area (Å²) in [6.45, 7) is 6.68. The van der Waals surface area contributed by atoms with Crippen molar-refractivity contribution in [2.45, 2.75) is 17.6 Å². The summed E-state index contributed by atoms with van der Waals surface area (Å²) in [4.78, 5) is 18.3. The van der Waals surface area contributed by atoms with Crippen LogP contribution in [0.1, 0.15) is 28.4 Å². The van der Waals surface area contributed by atoms with Gasteiger partial charge in [-0.05, 0) is 36.4 Å². The van der Waals surface area contributed by atoms with Crippen LogP contribution < -0.4 is 0 Å². The van der Waals surface area contributed by atoms with Gasteiger partial charge in [0.1, 0.15) is 0 Å². The Labute approximate surface area is 159 Å². The quantitative estimate of drug-likeness (QED) is 0.759. The Morgan fingerprint density at radius 2 is 1.77 bits per heavy atom. The van der Waals surface area contributed by atoms with Gasteiger partial charge in [-0.15, -0.1) is 11.8 Å². The van der Waals surface area contributed by atoms with Crippen molar-refractivity contribution in [3.05, 3.63) is 65.2 Å². The summed E-state index contributed by atoms with van der Waals surface area (Å²) < 4.78 is 0. The van der Waals surface area contributed by atoms with E-state index in [1.54, 1.807) is 11.8 Å². The van der Waals surface area contributed by atoms with Crippen molar-refractivity contribution in [3.8, 4) is 6.07 Å². The molecule has 26 heavy (non-hydrogen) atoms. The molecule has 0 aromatic heterocycles. The number of nitriles is 1. The number of benzene rings is 2. The molecule has 0 unspecified atom stereocenters. The molecule has 1 aliphatic rings. The average Bonchev–Trinajstić information content (AvgIpc) is 2.72. The van der Waals surface area contributed by atoms with Gasteiger partial charge < -0.3 is 9.80 Å². The van der Waals surface area contributed by atoms with E-state index in [9.17, 15) is 4.79 Å². The highest BCUT2D eigenvalue weighted by molar-refractivity contribution is 7.98. The summed E-state index contributed by atoms with van der Waals surface area (Å²) in [6.07, 6.45) is 0. The second-order valence-electron chi connectivity index (χ2n) is 6.32. The lowest BCUT2D eigenvalue weighted by atomic mass is 10.2. The van der Waals surface area contributed by atoms with E-state index in [4.69, 9.17) is 5.26 Å². The number of carbonyl (C=O) groups is 1. The molecule has 1 heterocycles. The predicted octanol–water partition coefficient (Wildman–Crippen LogP) is 3.63. The number of rotatable bonds is 5. The number of thioether (sulfide) groups is 1. The molecular formula is C21H23N3OS. The fraction of sp³-hybridized carbons (Fsp3) is 0.333. The van der Waals surface area contributed by atoms with Crippen molar-refractivity contribution in [1.82, 2.24) is 9.80 Å². The van der Waals surface area contributed by atoms with Crippen LogP contribution in [0.3, 0.4) is 0 Å². The maximum atomic E-state index is 13.0. The maximum Gasteiger partial charge on any atom is 0.255 e. The first-order valence-electron chi connectivity index (χ1n) is 8.93. The molecule has 0 aliphatic carbocycles. The SMILES string of the molecule is CCN1CCN(C(=O)c2ccccc2SCc2ccc(C#N)cc2)CC1. The first-order valence-corrected chi connectivity index (χ1v) is 9.92. The topological polar surface area (TPSA) is 47.3 Å². The highest BCUT2D eigenvalue weighted by Gasteiger charge is 2.23. The van der Waals surface area contributed by atoms with E-state index in [0.717, 1.165) is 54.5 Å². The van der Waals surface area contributed by atoms with Crippen LogP contribution in [0.4, 0.5) is 0 Å². The molecule has 1 amide bonds. The van der Waals surface area contributed by atoms with Crippen molar-refractivity contribution in [3.63, 3.8) is 0 Å². The van der Waals surface area contributed by atoms with Crippen LogP contribution in [-0.2, 0) is 5.75 Å². The monoisotopic (exact) mass is 365 g/mol. The summed E-state index contributed by atoms with van der Waals surface area (Å²) in [5, 5.41) is 8.89. The molecule has 0 bridgehead atoms. The maximum absolute atomic E-state index is 13.0. The van der Waals surface area contributed by atoms with Crippen LogP contribution in [0, 0.1) is 11.3 Å². The van der Waals surface area contributed by atoms with E-state index in [0.29, 0.717) is 5.56 Å². The lowest BCUT2D eigenvalue weighted by Gasteiger charge is -2.34. The molecule has 3 rings (SSSR count). The van der Waals surface area contributed by atoms with E-state index < -0.39 is 0 Å².